The highest BCUT2D eigenvalue weighted by Crippen LogP contribution is 2.37. The van der Waals surface area contributed by atoms with Gasteiger partial charge in [-0.2, -0.15) is 0 Å². The minimum atomic E-state index is 1.12. The van der Waals surface area contributed by atoms with E-state index in [-0.39, 0.29) is 0 Å². The summed E-state index contributed by atoms with van der Waals surface area (Å²) in [6.07, 6.45) is 0. The van der Waals surface area contributed by atoms with Crippen LogP contribution in [-0.2, 0) is 0 Å². The van der Waals surface area contributed by atoms with E-state index in [2.05, 4.69) is 152 Å². The first-order valence-electron chi connectivity index (χ1n) is 14.7. The lowest BCUT2D eigenvalue weighted by Gasteiger charge is -2.26. The Labute approximate surface area is 244 Å². The first-order valence-corrected chi connectivity index (χ1v) is 15.3. The van der Waals surface area contributed by atoms with Gasteiger partial charge in [-0.15, -0.1) is 9.24 Å². The van der Waals surface area contributed by atoms with E-state index < -0.39 is 0 Å². The number of benzene rings is 5. The molecular weight excluding hydrogens is 503 g/mol. The maximum atomic E-state index is 3.04. The van der Waals surface area contributed by atoms with E-state index >= 15 is 0 Å². The van der Waals surface area contributed by atoms with Crippen molar-refractivity contribution in [3.8, 4) is 22.3 Å². The largest absolute Gasteiger partial charge is 0.291 e. The second-order valence-corrected chi connectivity index (χ2v) is 11.0. The van der Waals surface area contributed by atoms with E-state index in [4.69, 9.17) is 0 Å². The van der Waals surface area contributed by atoms with Crippen molar-refractivity contribution in [2.75, 3.05) is 32.8 Å². The van der Waals surface area contributed by atoms with Gasteiger partial charge in [0.25, 0.3) is 0 Å². The smallest absolute Gasteiger partial charge is 0.0505 e. The number of nitrogens with zero attached hydrogens (tertiary/aromatic N) is 2. The zero-order valence-corrected chi connectivity index (χ0v) is 26.3. The molecule has 1 unspecified atom stereocenters. The average molecular weight is 549 g/mol. The highest BCUT2D eigenvalue weighted by atomic mass is 31.0. The Morgan fingerprint density at radius 1 is 0.500 bits per heavy atom. The summed E-state index contributed by atoms with van der Waals surface area (Å²) in [5.41, 5.74) is 7.84. The number of hydrogen-bond donors (Lipinski definition) is 0. The van der Waals surface area contributed by atoms with Gasteiger partial charge in [0.1, 0.15) is 0 Å². The molecule has 0 heterocycles. The van der Waals surface area contributed by atoms with Crippen LogP contribution in [0.1, 0.15) is 38.8 Å². The molecule has 0 saturated carbocycles. The molecule has 5 aromatic rings. The van der Waals surface area contributed by atoms with Crippen LogP contribution in [0.3, 0.4) is 0 Å². The van der Waals surface area contributed by atoms with Crippen LogP contribution in [0.2, 0.25) is 0 Å². The van der Waals surface area contributed by atoms with E-state index in [0.29, 0.717) is 0 Å². The highest BCUT2D eigenvalue weighted by molar-refractivity contribution is 7.28. The molecule has 208 valence electrons. The van der Waals surface area contributed by atoms with Crippen molar-refractivity contribution in [3.63, 3.8) is 0 Å². The number of rotatable bonds is 8. The second kappa shape index (κ2) is 14.0. The Kier molecular flexibility index (Phi) is 10.5. The summed E-state index contributed by atoms with van der Waals surface area (Å²) < 4.78 is 0. The van der Waals surface area contributed by atoms with Gasteiger partial charge in [-0.05, 0) is 100 Å². The third-order valence-electron chi connectivity index (χ3n) is 8.11. The van der Waals surface area contributed by atoms with Crippen LogP contribution in [0.5, 0.6) is 0 Å². The molecular formula is C37H45N2P. The van der Waals surface area contributed by atoms with Crippen molar-refractivity contribution < 1.29 is 0 Å². The Bertz CT molecular complexity index is 1450. The molecule has 5 rings (SSSR count). The van der Waals surface area contributed by atoms with Crippen LogP contribution < -0.4 is 5.30 Å². The molecule has 0 bridgehead atoms. The molecule has 3 heteroatoms. The van der Waals surface area contributed by atoms with Gasteiger partial charge in [-0.3, -0.25) is 9.80 Å². The second-order valence-electron chi connectivity index (χ2n) is 10.5. The van der Waals surface area contributed by atoms with Crippen LogP contribution in [-0.4, -0.2) is 42.6 Å². The molecule has 0 aromatic heterocycles. The SMILES string of the molecule is CCN(CC)CN(CC)CC.Cc1ccc2ccccc2c1-c1cccc(-c2c(C)ccc3ccccc23)c1P. The predicted molar refractivity (Wildman–Crippen MR) is 182 cm³/mol. The average Bonchev–Trinajstić information content (AvgIpc) is 2.99. The molecule has 0 fully saturated rings. The van der Waals surface area contributed by atoms with E-state index in [0.717, 1.165) is 32.8 Å². The quantitative estimate of drug-likeness (QED) is 0.141. The van der Waals surface area contributed by atoms with E-state index in [1.165, 1.54) is 60.2 Å². The van der Waals surface area contributed by atoms with E-state index in [1.54, 1.807) is 0 Å². The van der Waals surface area contributed by atoms with E-state index in [1.807, 2.05) is 0 Å². The molecule has 0 N–H and O–H groups in total. The van der Waals surface area contributed by atoms with Gasteiger partial charge < -0.3 is 0 Å². The van der Waals surface area contributed by atoms with Gasteiger partial charge in [0.05, 0.1) is 6.67 Å². The van der Waals surface area contributed by atoms with Crippen molar-refractivity contribution in [1.82, 2.24) is 9.80 Å². The van der Waals surface area contributed by atoms with Crippen LogP contribution in [0.4, 0.5) is 0 Å². The third-order valence-corrected chi connectivity index (χ3v) is 8.73. The van der Waals surface area contributed by atoms with Gasteiger partial charge in [-0.1, -0.05) is 119 Å². The first kappa shape index (κ1) is 29.9. The van der Waals surface area contributed by atoms with Gasteiger partial charge in [-0.25, -0.2) is 0 Å². The highest BCUT2D eigenvalue weighted by Gasteiger charge is 2.15. The lowest BCUT2D eigenvalue weighted by Crippen LogP contribution is -2.37. The molecule has 0 aliphatic heterocycles. The fraction of sp³-hybridized carbons (Fsp3) is 0.297. The van der Waals surface area contributed by atoms with Gasteiger partial charge in [0.15, 0.2) is 0 Å². The van der Waals surface area contributed by atoms with Crippen molar-refractivity contribution in [1.29, 1.82) is 0 Å². The summed E-state index contributed by atoms with van der Waals surface area (Å²) in [6, 6.07) is 32.9. The van der Waals surface area contributed by atoms with Crippen LogP contribution in [0.25, 0.3) is 43.8 Å². The minimum absolute atomic E-state index is 1.12. The van der Waals surface area contributed by atoms with Crippen molar-refractivity contribution in [2.45, 2.75) is 41.5 Å². The maximum Gasteiger partial charge on any atom is 0.0505 e. The predicted octanol–water partition coefficient (Wildman–Crippen LogP) is 9.07. The number of hydrogen-bond acceptors (Lipinski definition) is 2. The molecule has 0 aliphatic carbocycles. The number of aryl methyl sites for hydroxylation is 2. The zero-order valence-electron chi connectivity index (χ0n) is 25.2. The fourth-order valence-electron chi connectivity index (χ4n) is 5.61. The van der Waals surface area contributed by atoms with Crippen LogP contribution >= 0.6 is 9.24 Å². The zero-order chi connectivity index (χ0) is 28.6. The van der Waals surface area contributed by atoms with E-state index in [9.17, 15) is 0 Å². The molecule has 0 radical (unpaired) electrons. The topological polar surface area (TPSA) is 6.48 Å². The monoisotopic (exact) mass is 548 g/mol. The van der Waals surface area contributed by atoms with Gasteiger partial charge in [0.2, 0.25) is 0 Å². The lowest BCUT2D eigenvalue weighted by atomic mass is 9.89. The summed E-state index contributed by atoms with van der Waals surface area (Å²) in [4.78, 5) is 4.88. The Hall–Kier alpha value is -3.03. The summed E-state index contributed by atoms with van der Waals surface area (Å²) in [7, 11) is 3.04. The van der Waals surface area contributed by atoms with Crippen molar-refractivity contribution in [2.24, 2.45) is 0 Å². The van der Waals surface area contributed by atoms with Gasteiger partial charge in [0, 0.05) is 0 Å². The third kappa shape index (κ3) is 6.47. The van der Waals surface area contributed by atoms with Crippen LogP contribution in [0.15, 0.2) is 91.0 Å². The first-order chi connectivity index (χ1) is 19.4. The molecule has 2 nitrogen and oxygen atoms in total. The Balaban J connectivity index is 0.000000288. The number of fused-ring (bicyclic) bond motifs is 2. The fourth-order valence-corrected chi connectivity index (χ4v) is 6.09. The van der Waals surface area contributed by atoms with Crippen molar-refractivity contribution in [3.05, 3.63) is 102 Å². The molecule has 1 atom stereocenters. The molecule has 5 aromatic carbocycles. The Morgan fingerprint density at radius 3 is 1.30 bits per heavy atom. The molecule has 0 saturated heterocycles. The molecule has 40 heavy (non-hydrogen) atoms. The summed E-state index contributed by atoms with van der Waals surface area (Å²) >= 11 is 0. The summed E-state index contributed by atoms with van der Waals surface area (Å²) in [6.45, 7) is 19.0. The summed E-state index contributed by atoms with van der Waals surface area (Å²) in [5, 5.41) is 6.44. The molecule has 0 aliphatic rings. The van der Waals surface area contributed by atoms with Crippen molar-refractivity contribution >= 4 is 36.1 Å². The lowest BCUT2D eigenvalue weighted by molar-refractivity contribution is 0.152. The summed E-state index contributed by atoms with van der Waals surface area (Å²) in [5.74, 6) is 0. The Morgan fingerprint density at radius 2 is 0.900 bits per heavy atom. The van der Waals surface area contributed by atoms with Gasteiger partial charge >= 0.3 is 0 Å². The molecule has 0 spiro atoms. The maximum absolute atomic E-state index is 3.04. The minimum Gasteiger partial charge on any atom is -0.291 e. The van der Waals surface area contributed by atoms with Crippen LogP contribution in [0, 0.1) is 13.8 Å². The standard InChI is InChI=1S/C28H23P.C9H22N2/c1-18-14-16-20-8-3-5-10-22(20)26(18)24-12-7-13-25(28(24)29)27-19(2)15-17-21-9-4-6-11-23(21)27;1-5-10(6-2)9-11(7-3)8-4/h3-17H,29H2,1-2H3;5-9H2,1-4H3. The normalized spacial score (nSPS) is 11.3. The molecule has 0 amide bonds.